The van der Waals surface area contributed by atoms with Crippen molar-refractivity contribution in [2.24, 2.45) is 0 Å². The van der Waals surface area contributed by atoms with E-state index in [0.717, 1.165) is 30.2 Å². The van der Waals surface area contributed by atoms with Crippen LogP contribution in [-0.2, 0) is 6.42 Å². The fourth-order valence-corrected chi connectivity index (χ4v) is 3.30. The van der Waals surface area contributed by atoms with Crippen LogP contribution in [0.5, 0.6) is 0 Å². The second-order valence-corrected chi connectivity index (χ2v) is 7.02. The van der Waals surface area contributed by atoms with Crippen LogP contribution < -0.4 is 10.2 Å². The molecule has 0 aliphatic carbocycles. The summed E-state index contributed by atoms with van der Waals surface area (Å²) in [5.41, 5.74) is 4.77. The number of rotatable bonds is 4. The highest BCUT2D eigenvalue weighted by Crippen LogP contribution is 2.32. The molecular formula is C22H22N4O. The van der Waals surface area contributed by atoms with Crippen molar-refractivity contribution >= 4 is 23.1 Å². The van der Waals surface area contributed by atoms with E-state index in [1.807, 2.05) is 30.3 Å². The Balaban J connectivity index is 1.47. The lowest BCUT2D eigenvalue weighted by atomic mass is 10.0. The molecule has 0 atom stereocenters. The van der Waals surface area contributed by atoms with Crippen LogP contribution >= 0.6 is 0 Å². The Kier molecular flexibility index (Phi) is 4.59. The van der Waals surface area contributed by atoms with Gasteiger partial charge in [-0.25, -0.2) is 9.97 Å². The zero-order valence-electron chi connectivity index (χ0n) is 15.5. The normalized spacial score (nSPS) is 12.9. The maximum Gasteiger partial charge on any atom is 0.275 e. The molecule has 0 saturated heterocycles. The standard InChI is InChI=1S/C22H22N4O/c1-15(2)16-7-9-18(10-8-16)25-22(27)19-13-24-21(14-23-19)26-12-11-17-5-3-4-6-20(17)26/h3-10,13-15H,11-12H2,1-2H3,(H,25,27). The summed E-state index contributed by atoms with van der Waals surface area (Å²) in [6, 6.07) is 16.2. The lowest BCUT2D eigenvalue weighted by molar-refractivity contribution is 0.102. The Hall–Kier alpha value is -3.21. The number of aromatic nitrogens is 2. The second-order valence-electron chi connectivity index (χ2n) is 7.02. The van der Waals surface area contributed by atoms with Gasteiger partial charge in [0.2, 0.25) is 0 Å². The number of amides is 1. The van der Waals surface area contributed by atoms with E-state index < -0.39 is 0 Å². The third kappa shape index (κ3) is 3.53. The van der Waals surface area contributed by atoms with Gasteiger partial charge in [0, 0.05) is 17.9 Å². The second kappa shape index (κ2) is 7.19. The van der Waals surface area contributed by atoms with Crippen LogP contribution in [0, 0.1) is 0 Å². The number of hydrogen-bond donors (Lipinski definition) is 1. The minimum absolute atomic E-state index is 0.256. The number of hydrogen-bond acceptors (Lipinski definition) is 4. The maximum atomic E-state index is 12.4. The molecule has 1 N–H and O–H groups in total. The summed E-state index contributed by atoms with van der Waals surface area (Å²) < 4.78 is 0. The van der Waals surface area contributed by atoms with Gasteiger partial charge in [0.25, 0.3) is 5.91 Å². The minimum atomic E-state index is -0.256. The molecule has 4 rings (SSSR count). The van der Waals surface area contributed by atoms with E-state index in [9.17, 15) is 4.79 Å². The lowest BCUT2D eigenvalue weighted by Gasteiger charge is -2.17. The van der Waals surface area contributed by atoms with Crippen LogP contribution in [0.15, 0.2) is 60.9 Å². The molecule has 0 bridgehead atoms. The van der Waals surface area contributed by atoms with Crippen molar-refractivity contribution in [3.63, 3.8) is 0 Å². The number of para-hydroxylation sites is 1. The van der Waals surface area contributed by atoms with Gasteiger partial charge in [0.05, 0.1) is 12.4 Å². The average Bonchev–Trinajstić information content (AvgIpc) is 3.12. The number of nitrogens with zero attached hydrogens (tertiary/aromatic N) is 3. The molecule has 0 saturated carbocycles. The summed E-state index contributed by atoms with van der Waals surface area (Å²) in [4.78, 5) is 23.4. The Morgan fingerprint density at radius 1 is 1.04 bits per heavy atom. The molecule has 0 fully saturated rings. The third-order valence-electron chi connectivity index (χ3n) is 4.87. The fourth-order valence-electron chi connectivity index (χ4n) is 3.30. The molecule has 1 aliphatic heterocycles. The first-order valence-electron chi connectivity index (χ1n) is 9.20. The fraction of sp³-hybridized carbons (Fsp3) is 0.227. The monoisotopic (exact) mass is 358 g/mol. The lowest BCUT2D eigenvalue weighted by Crippen LogP contribution is -2.18. The van der Waals surface area contributed by atoms with Gasteiger partial charge < -0.3 is 10.2 Å². The van der Waals surface area contributed by atoms with Gasteiger partial charge >= 0.3 is 0 Å². The van der Waals surface area contributed by atoms with Crippen molar-refractivity contribution in [2.45, 2.75) is 26.2 Å². The summed E-state index contributed by atoms with van der Waals surface area (Å²) in [5, 5.41) is 2.87. The number of carbonyl (C=O) groups excluding carboxylic acids is 1. The zero-order chi connectivity index (χ0) is 18.8. The molecule has 0 spiro atoms. The predicted octanol–water partition coefficient (Wildman–Crippen LogP) is 4.55. The molecule has 2 heterocycles. The molecule has 3 aromatic rings. The molecule has 1 aliphatic rings. The predicted molar refractivity (Wildman–Crippen MR) is 108 cm³/mol. The molecule has 136 valence electrons. The van der Waals surface area contributed by atoms with E-state index in [0.29, 0.717) is 11.6 Å². The average molecular weight is 358 g/mol. The van der Waals surface area contributed by atoms with Gasteiger partial charge in [-0.15, -0.1) is 0 Å². The number of carbonyl (C=O) groups is 1. The Bertz CT molecular complexity index is 949. The SMILES string of the molecule is CC(C)c1ccc(NC(=O)c2cnc(N3CCc4ccccc43)cn2)cc1. The molecular weight excluding hydrogens is 336 g/mol. The molecule has 0 radical (unpaired) electrons. The van der Waals surface area contributed by atoms with Crippen molar-refractivity contribution in [1.29, 1.82) is 0 Å². The summed E-state index contributed by atoms with van der Waals surface area (Å²) in [7, 11) is 0. The topological polar surface area (TPSA) is 58.1 Å². The van der Waals surface area contributed by atoms with Crippen LogP contribution in [0.1, 0.15) is 41.4 Å². The van der Waals surface area contributed by atoms with E-state index in [1.54, 1.807) is 6.20 Å². The molecule has 0 unspecified atom stereocenters. The smallest absolute Gasteiger partial charge is 0.275 e. The van der Waals surface area contributed by atoms with Crippen LogP contribution in [-0.4, -0.2) is 22.4 Å². The Morgan fingerprint density at radius 2 is 1.81 bits per heavy atom. The van der Waals surface area contributed by atoms with Gasteiger partial charge in [0.15, 0.2) is 5.82 Å². The van der Waals surface area contributed by atoms with Gasteiger partial charge in [0.1, 0.15) is 5.69 Å². The number of anilines is 3. The van der Waals surface area contributed by atoms with Crippen LogP contribution in [0.4, 0.5) is 17.2 Å². The number of fused-ring (bicyclic) bond motifs is 1. The van der Waals surface area contributed by atoms with Crippen molar-refractivity contribution < 1.29 is 4.79 Å². The van der Waals surface area contributed by atoms with E-state index in [2.05, 4.69) is 52.2 Å². The first-order valence-corrected chi connectivity index (χ1v) is 9.20. The third-order valence-corrected chi connectivity index (χ3v) is 4.87. The van der Waals surface area contributed by atoms with Crippen molar-refractivity contribution in [1.82, 2.24) is 9.97 Å². The van der Waals surface area contributed by atoms with E-state index >= 15 is 0 Å². The molecule has 1 aromatic heterocycles. The molecule has 2 aromatic carbocycles. The molecule has 5 nitrogen and oxygen atoms in total. The van der Waals surface area contributed by atoms with Crippen LogP contribution in [0.25, 0.3) is 0 Å². The molecule has 1 amide bonds. The summed E-state index contributed by atoms with van der Waals surface area (Å²) >= 11 is 0. The summed E-state index contributed by atoms with van der Waals surface area (Å²) in [5.74, 6) is 0.967. The molecule has 27 heavy (non-hydrogen) atoms. The zero-order valence-corrected chi connectivity index (χ0v) is 15.5. The quantitative estimate of drug-likeness (QED) is 0.743. The Labute approximate surface area is 159 Å². The largest absolute Gasteiger partial charge is 0.325 e. The number of nitrogens with one attached hydrogen (secondary N) is 1. The van der Waals surface area contributed by atoms with E-state index in [4.69, 9.17) is 0 Å². The van der Waals surface area contributed by atoms with Gasteiger partial charge in [-0.3, -0.25) is 4.79 Å². The first-order chi connectivity index (χ1) is 13.1. The summed E-state index contributed by atoms with van der Waals surface area (Å²) in [6.45, 7) is 5.16. The summed E-state index contributed by atoms with van der Waals surface area (Å²) in [6.07, 6.45) is 4.19. The Morgan fingerprint density at radius 3 is 2.52 bits per heavy atom. The first kappa shape index (κ1) is 17.2. The van der Waals surface area contributed by atoms with Gasteiger partial charge in [-0.2, -0.15) is 0 Å². The van der Waals surface area contributed by atoms with Gasteiger partial charge in [-0.05, 0) is 41.7 Å². The highest BCUT2D eigenvalue weighted by molar-refractivity contribution is 6.02. The van der Waals surface area contributed by atoms with Crippen LogP contribution in [0.2, 0.25) is 0 Å². The van der Waals surface area contributed by atoms with Crippen LogP contribution in [0.3, 0.4) is 0 Å². The highest BCUT2D eigenvalue weighted by Gasteiger charge is 2.21. The van der Waals surface area contributed by atoms with E-state index in [-0.39, 0.29) is 5.91 Å². The van der Waals surface area contributed by atoms with Crippen molar-refractivity contribution in [3.8, 4) is 0 Å². The van der Waals surface area contributed by atoms with E-state index in [1.165, 1.54) is 17.3 Å². The maximum absolute atomic E-state index is 12.4. The molecule has 5 heteroatoms. The minimum Gasteiger partial charge on any atom is -0.325 e. The van der Waals surface area contributed by atoms with Crippen molar-refractivity contribution in [3.05, 3.63) is 77.7 Å². The number of benzene rings is 2. The van der Waals surface area contributed by atoms with Crippen molar-refractivity contribution in [2.75, 3.05) is 16.8 Å². The highest BCUT2D eigenvalue weighted by atomic mass is 16.1. The van der Waals surface area contributed by atoms with Gasteiger partial charge in [-0.1, -0.05) is 44.2 Å².